The van der Waals surface area contributed by atoms with E-state index in [4.69, 9.17) is 4.74 Å². The molecule has 1 aliphatic carbocycles. The first-order valence-electron chi connectivity index (χ1n) is 7.69. The molecule has 1 aromatic heterocycles. The average molecular weight is 279 g/mol. The summed E-state index contributed by atoms with van der Waals surface area (Å²) in [6, 6.07) is 0.448. The fraction of sp³-hybridized carbons (Fsp3) is 0.800. The van der Waals surface area contributed by atoms with Crippen molar-refractivity contribution in [3.8, 4) is 0 Å². The summed E-state index contributed by atoms with van der Waals surface area (Å²) in [7, 11) is 0. The first-order valence-corrected chi connectivity index (χ1v) is 7.69. The average Bonchev–Trinajstić information content (AvgIpc) is 3.06. The molecule has 0 radical (unpaired) electrons. The zero-order chi connectivity index (χ0) is 14.5. The minimum absolute atomic E-state index is 0.173. The lowest BCUT2D eigenvalue weighted by Gasteiger charge is -2.20. The molecule has 1 atom stereocenters. The molecule has 0 N–H and O–H groups in total. The van der Waals surface area contributed by atoms with Crippen molar-refractivity contribution in [3.05, 3.63) is 12.2 Å². The number of ether oxygens (including phenoxy) is 1. The third-order valence-electron chi connectivity index (χ3n) is 3.91. The number of hydrogen-bond acceptors (Lipinski definition) is 4. The van der Waals surface area contributed by atoms with Gasteiger partial charge in [-0.05, 0) is 32.1 Å². The van der Waals surface area contributed by atoms with Gasteiger partial charge >= 0.3 is 5.97 Å². The van der Waals surface area contributed by atoms with Crippen molar-refractivity contribution >= 4 is 5.97 Å². The second kappa shape index (κ2) is 6.86. The number of hydrogen-bond donors (Lipinski definition) is 0. The highest BCUT2D eigenvalue weighted by Gasteiger charge is 2.30. The van der Waals surface area contributed by atoms with Crippen LogP contribution in [-0.2, 0) is 9.53 Å². The van der Waals surface area contributed by atoms with Crippen molar-refractivity contribution < 1.29 is 9.53 Å². The van der Waals surface area contributed by atoms with Gasteiger partial charge in [0.05, 0.1) is 6.61 Å². The second-order valence-electron chi connectivity index (χ2n) is 5.97. The third-order valence-corrected chi connectivity index (χ3v) is 3.91. The summed E-state index contributed by atoms with van der Waals surface area (Å²) in [5.74, 6) is 0.730. The minimum atomic E-state index is -0.293. The van der Waals surface area contributed by atoms with Gasteiger partial charge < -0.3 is 9.30 Å². The molecule has 1 heterocycles. The van der Waals surface area contributed by atoms with Crippen LogP contribution in [0.3, 0.4) is 0 Å². The molecule has 1 unspecified atom stereocenters. The topological polar surface area (TPSA) is 57.0 Å². The van der Waals surface area contributed by atoms with Gasteiger partial charge in [-0.25, -0.2) is 0 Å². The molecule has 2 rings (SSSR count). The van der Waals surface area contributed by atoms with E-state index in [1.54, 1.807) is 6.33 Å². The highest BCUT2D eigenvalue weighted by molar-refractivity contribution is 5.77. The van der Waals surface area contributed by atoms with Crippen LogP contribution in [0.15, 0.2) is 6.33 Å². The number of esters is 1. The van der Waals surface area contributed by atoms with Gasteiger partial charge in [-0.1, -0.05) is 26.7 Å². The Hall–Kier alpha value is -1.39. The fourth-order valence-corrected chi connectivity index (χ4v) is 2.99. The maximum absolute atomic E-state index is 12.2. The van der Waals surface area contributed by atoms with E-state index in [2.05, 4.69) is 28.6 Å². The van der Waals surface area contributed by atoms with E-state index in [-0.39, 0.29) is 11.9 Å². The van der Waals surface area contributed by atoms with Crippen LogP contribution in [-0.4, -0.2) is 27.3 Å². The highest BCUT2D eigenvalue weighted by atomic mass is 16.5. The predicted octanol–water partition coefficient (Wildman–Crippen LogP) is 3.09. The molecule has 5 heteroatoms. The van der Waals surface area contributed by atoms with E-state index in [0.29, 0.717) is 18.6 Å². The van der Waals surface area contributed by atoms with Crippen LogP contribution in [0.5, 0.6) is 0 Å². The number of carbonyl (C=O) groups is 1. The standard InChI is InChI=1S/C15H25N3O2/c1-4-20-15(19)13(9-11(2)3)14-17-16-10-18(14)12-7-5-6-8-12/h10-13H,4-9H2,1-3H3. The Balaban J connectivity index is 2.23. The lowest BCUT2D eigenvalue weighted by molar-refractivity contribution is -0.145. The first kappa shape index (κ1) is 15.0. The molecule has 5 nitrogen and oxygen atoms in total. The van der Waals surface area contributed by atoms with E-state index >= 15 is 0 Å². The molecule has 0 saturated heterocycles. The fourth-order valence-electron chi connectivity index (χ4n) is 2.99. The van der Waals surface area contributed by atoms with Gasteiger partial charge in [-0.3, -0.25) is 4.79 Å². The molecule has 112 valence electrons. The second-order valence-corrected chi connectivity index (χ2v) is 5.97. The van der Waals surface area contributed by atoms with Gasteiger partial charge in [0.1, 0.15) is 18.1 Å². The van der Waals surface area contributed by atoms with E-state index in [0.717, 1.165) is 25.1 Å². The van der Waals surface area contributed by atoms with Crippen molar-refractivity contribution in [2.75, 3.05) is 6.61 Å². The highest BCUT2D eigenvalue weighted by Crippen LogP contribution is 2.33. The van der Waals surface area contributed by atoms with Crippen LogP contribution in [0, 0.1) is 5.92 Å². The van der Waals surface area contributed by atoms with Crippen molar-refractivity contribution in [2.24, 2.45) is 5.92 Å². The number of nitrogens with zero attached hydrogens (tertiary/aromatic N) is 3. The molecule has 0 aromatic carbocycles. The summed E-state index contributed by atoms with van der Waals surface area (Å²) in [4.78, 5) is 12.2. The lowest BCUT2D eigenvalue weighted by atomic mass is 9.96. The molecule has 20 heavy (non-hydrogen) atoms. The van der Waals surface area contributed by atoms with Crippen LogP contribution in [0.4, 0.5) is 0 Å². The Morgan fingerprint density at radius 3 is 2.75 bits per heavy atom. The van der Waals surface area contributed by atoms with Crippen molar-refractivity contribution in [1.82, 2.24) is 14.8 Å². The van der Waals surface area contributed by atoms with Crippen LogP contribution < -0.4 is 0 Å². The third kappa shape index (κ3) is 3.38. The van der Waals surface area contributed by atoms with E-state index in [9.17, 15) is 4.79 Å². The molecular formula is C15H25N3O2. The predicted molar refractivity (Wildman–Crippen MR) is 76.4 cm³/mol. The summed E-state index contributed by atoms with van der Waals surface area (Å²) >= 11 is 0. The quantitative estimate of drug-likeness (QED) is 0.751. The Kier molecular flexibility index (Phi) is 5.15. The Labute approximate surface area is 120 Å². The summed E-state index contributed by atoms with van der Waals surface area (Å²) in [6.45, 7) is 6.47. The van der Waals surface area contributed by atoms with Gasteiger partial charge in [-0.15, -0.1) is 10.2 Å². The summed E-state index contributed by atoms with van der Waals surface area (Å²) in [6.07, 6.45) is 7.33. The van der Waals surface area contributed by atoms with Gasteiger partial charge in [0.25, 0.3) is 0 Å². The molecule has 1 fully saturated rings. The lowest BCUT2D eigenvalue weighted by Crippen LogP contribution is -2.23. The molecule has 0 bridgehead atoms. The summed E-state index contributed by atoms with van der Waals surface area (Å²) in [5.41, 5.74) is 0. The maximum atomic E-state index is 12.2. The van der Waals surface area contributed by atoms with Gasteiger partial charge in [0, 0.05) is 6.04 Å². The minimum Gasteiger partial charge on any atom is -0.465 e. The molecule has 0 aliphatic heterocycles. The number of rotatable bonds is 6. The van der Waals surface area contributed by atoms with Gasteiger partial charge in [0.2, 0.25) is 0 Å². The van der Waals surface area contributed by atoms with Crippen LogP contribution in [0.2, 0.25) is 0 Å². The van der Waals surface area contributed by atoms with Crippen LogP contribution >= 0.6 is 0 Å². The Morgan fingerprint density at radius 2 is 2.15 bits per heavy atom. The van der Waals surface area contributed by atoms with E-state index < -0.39 is 0 Å². The molecule has 1 saturated carbocycles. The van der Waals surface area contributed by atoms with Gasteiger partial charge in [-0.2, -0.15) is 0 Å². The maximum Gasteiger partial charge on any atom is 0.316 e. The molecule has 1 aliphatic rings. The monoisotopic (exact) mass is 279 g/mol. The number of aromatic nitrogens is 3. The smallest absolute Gasteiger partial charge is 0.316 e. The van der Waals surface area contributed by atoms with Crippen LogP contribution in [0.1, 0.15) is 70.7 Å². The SMILES string of the molecule is CCOC(=O)C(CC(C)C)c1nncn1C1CCCC1. The molecule has 1 aromatic rings. The Bertz CT molecular complexity index is 436. The molecule has 0 amide bonds. The van der Waals surface area contributed by atoms with Crippen molar-refractivity contribution in [3.63, 3.8) is 0 Å². The van der Waals surface area contributed by atoms with E-state index in [1.165, 1.54) is 12.8 Å². The zero-order valence-electron chi connectivity index (χ0n) is 12.7. The first-order chi connectivity index (χ1) is 9.63. The largest absolute Gasteiger partial charge is 0.465 e. The molecule has 0 spiro atoms. The van der Waals surface area contributed by atoms with E-state index in [1.807, 2.05) is 6.92 Å². The normalized spacial score (nSPS) is 17.6. The zero-order valence-corrected chi connectivity index (χ0v) is 12.7. The Morgan fingerprint density at radius 1 is 1.45 bits per heavy atom. The van der Waals surface area contributed by atoms with Crippen molar-refractivity contribution in [1.29, 1.82) is 0 Å². The van der Waals surface area contributed by atoms with Crippen molar-refractivity contribution in [2.45, 2.75) is 64.8 Å². The number of carbonyl (C=O) groups excluding carboxylic acids is 1. The van der Waals surface area contributed by atoms with Crippen LogP contribution in [0.25, 0.3) is 0 Å². The summed E-state index contributed by atoms with van der Waals surface area (Å²) < 4.78 is 7.33. The molecular weight excluding hydrogens is 254 g/mol. The summed E-state index contributed by atoms with van der Waals surface area (Å²) in [5, 5.41) is 8.27. The van der Waals surface area contributed by atoms with Gasteiger partial charge in [0.15, 0.2) is 0 Å².